The summed E-state index contributed by atoms with van der Waals surface area (Å²) in [4.78, 5) is 13.1. The lowest BCUT2D eigenvalue weighted by atomic mass is 9.96. The number of carbonyl (C=O) groups is 1. The summed E-state index contributed by atoms with van der Waals surface area (Å²) in [5, 5.41) is 9.83. The number of rotatable bonds is 8. The SMILES string of the molecule is CCC(C)CC(CC)N(CC(=O)O)c1ccc(Cl)cc1. The number of aliphatic carboxylic acids is 1. The highest BCUT2D eigenvalue weighted by molar-refractivity contribution is 6.30. The minimum atomic E-state index is -0.803. The molecule has 1 rings (SSSR count). The van der Waals surface area contributed by atoms with Gasteiger partial charge in [0.1, 0.15) is 6.54 Å². The van der Waals surface area contributed by atoms with Gasteiger partial charge in [0.2, 0.25) is 0 Å². The zero-order chi connectivity index (χ0) is 15.1. The van der Waals surface area contributed by atoms with Crippen molar-refractivity contribution < 1.29 is 9.90 Å². The Labute approximate surface area is 126 Å². The topological polar surface area (TPSA) is 40.5 Å². The second kappa shape index (κ2) is 8.15. The van der Waals surface area contributed by atoms with Crippen LogP contribution in [0, 0.1) is 5.92 Å². The first-order valence-electron chi connectivity index (χ1n) is 7.21. The van der Waals surface area contributed by atoms with E-state index in [9.17, 15) is 4.79 Å². The quantitative estimate of drug-likeness (QED) is 0.771. The average Bonchev–Trinajstić information content (AvgIpc) is 2.43. The fourth-order valence-corrected chi connectivity index (χ4v) is 2.48. The number of carboxylic acids is 1. The molecule has 2 unspecified atom stereocenters. The molecule has 0 radical (unpaired) electrons. The molecule has 0 aliphatic heterocycles. The van der Waals surface area contributed by atoms with E-state index >= 15 is 0 Å². The minimum absolute atomic E-state index is 0.0244. The van der Waals surface area contributed by atoms with Crippen LogP contribution in [0.1, 0.15) is 40.0 Å². The molecule has 1 aromatic rings. The van der Waals surface area contributed by atoms with E-state index in [1.165, 1.54) is 0 Å². The maximum atomic E-state index is 11.2. The van der Waals surface area contributed by atoms with Crippen LogP contribution in [0.2, 0.25) is 5.02 Å². The van der Waals surface area contributed by atoms with Crippen molar-refractivity contribution in [3.05, 3.63) is 29.3 Å². The van der Waals surface area contributed by atoms with Crippen molar-refractivity contribution in [3.8, 4) is 0 Å². The van der Waals surface area contributed by atoms with Crippen LogP contribution in [0.25, 0.3) is 0 Å². The van der Waals surface area contributed by atoms with Gasteiger partial charge in [-0.15, -0.1) is 0 Å². The van der Waals surface area contributed by atoms with Crippen LogP contribution in [0.4, 0.5) is 5.69 Å². The van der Waals surface area contributed by atoms with Crippen LogP contribution in [0.5, 0.6) is 0 Å². The number of halogens is 1. The van der Waals surface area contributed by atoms with Crippen LogP contribution in [-0.4, -0.2) is 23.7 Å². The lowest BCUT2D eigenvalue weighted by Gasteiger charge is -2.33. The highest BCUT2D eigenvalue weighted by Gasteiger charge is 2.21. The maximum absolute atomic E-state index is 11.2. The molecule has 1 aromatic carbocycles. The van der Waals surface area contributed by atoms with E-state index in [1.54, 1.807) is 0 Å². The molecule has 112 valence electrons. The number of hydrogen-bond donors (Lipinski definition) is 1. The highest BCUT2D eigenvalue weighted by atomic mass is 35.5. The van der Waals surface area contributed by atoms with Crippen LogP contribution in [0.15, 0.2) is 24.3 Å². The number of hydrogen-bond acceptors (Lipinski definition) is 2. The fraction of sp³-hybridized carbons (Fsp3) is 0.562. The third kappa shape index (κ3) is 5.04. The Morgan fingerprint density at radius 2 is 1.85 bits per heavy atom. The van der Waals surface area contributed by atoms with E-state index in [-0.39, 0.29) is 12.6 Å². The summed E-state index contributed by atoms with van der Waals surface area (Å²) in [6.45, 7) is 6.51. The average molecular weight is 298 g/mol. The van der Waals surface area contributed by atoms with Gasteiger partial charge in [0, 0.05) is 16.8 Å². The van der Waals surface area contributed by atoms with E-state index in [0.29, 0.717) is 10.9 Å². The molecular weight excluding hydrogens is 274 g/mol. The minimum Gasteiger partial charge on any atom is -0.480 e. The van der Waals surface area contributed by atoms with Crippen molar-refractivity contribution in [2.24, 2.45) is 5.92 Å². The summed E-state index contributed by atoms with van der Waals surface area (Å²) in [7, 11) is 0. The Kier molecular flexibility index (Phi) is 6.86. The summed E-state index contributed by atoms with van der Waals surface area (Å²) in [5.41, 5.74) is 0.923. The van der Waals surface area contributed by atoms with E-state index in [4.69, 9.17) is 16.7 Å². The molecular formula is C16H24ClNO2. The molecule has 4 heteroatoms. The molecule has 3 nitrogen and oxygen atoms in total. The summed E-state index contributed by atoms with van der Waals surface area (Å²) in [6, 6.07) is 7.64. The monoisotopic (exact) mass is 297 g/mol. The van der Waals surface area contributed by atoms with Gasteiger partial charge in [0.25, 0.3) is 0 Å². The fourth-order valence-electron chi connectivity index (χ4n) is 2.35. The van der Waals surface area contributed by atoms with Crippen molar-refractivity contribution in [3.63, 3.8) is 0 Å². The van der Waals surface area contributed by atoms with E-state index in [1.807, 2.05) is 29.2 Å². The Morgan fingerprint density at radius 1 is 1.25 bits per heavy atom. The van der Waals surface area contributed by atoms with Gasteiger partial charge in [0.15, 0.2) is 0 Å². The molecule has 0 amide bonds. The van der Waals surface area contributed by atoms with Crippen LogP contribution in [0.3, 0.4) is 0 Å². The van der Waals surface area contributed by atoms with Gasteiger partial charge < -0.3 is 10.0 Å². The first-order chi connectivity index (χ1) is 9.47. The Balaban J connectivity index is 2.96. The summed E-state index contributed by atoms with van der Waals surface area (Å²) in [5.74, 6) is -0.217. The molecule has 0 bridgehead atoms. The zero-order valence-corrected chi connectivity index (χ0v) is 13.2. The first kappa shape index (κ1) is 16.8. The van der Waals surface area contributed by atoms with Gasteiger partial charge in [-0.1, -0.05) is 38.8 Å². The van der Waals surface area contributed by atoms with Crippen molar-refractivity contribution in [1.29, 1.82) is 0 Å². The summed E-state index contributed by atoms with van der Waals surface area (Å²) >= 11 is 5.91. The van der Waals surface area contributed by atoms with Gasteiger partial charge >= 0.3 is 5.97 Å². The van der Waals surface area contributed by atoms with Crippen LogP contribution < -0.4 is 4.90 Å². The molecule has 0 fully saturated rings. The van der Waals surface area contributed by atoms with Crippen molar-refractivity contribution in [2.75, 3.05) is 11.4 Å². The molecule has 0 aliphatic carbocycles. The van der Waals surface area contributed by atoms with Gasteiger partial charge in [-0.05, 0) is 43.0 Å². The molecule has 2 atom stereocenters. The third-order valence-electron chi connectivity index (χ3n) is 3.75. The first-order valence-corrected chi connectivity index (χ1v) is 7.59. The number of benzene rings is 1. The normalized spacial score (nSPS) is 13.8. The zero-order valence-electron chi connectivity index (χ0n) is 12.5. The van der Waals surface area contributed by atoms with Crippen LogP contribution >= 0.6 is 11.6 Å². The summed E-state index contributed by atoms with van der Waals surface area (Å²) < 4.78 is 0. The van der Waals surface area contributed by atoms with Gasteiger partial charge in [0.05, 0.1) is 0 Å². The molecule has 0 aliphatic rings. The number of carboxylic acid groups (broad SMARTS) is 1. The van der Waals surface area contributed by atoms with Gasteiger partial charge in [-0.3, -0.25) is 4.79 Å². The Bertz CT molecular complexity index is 419. The number of anilines is 1. The second-order valence-corrected chi connectivity index (χ2v) is 5.75. The molecule has 0 saturated heterocycles. The molecule has 1 N–H and O–H groups in total. The molecule has 0 saturated carbocycles. The van der Waals surface area contributed by atoms with Gasteiger partial charge in [-0.25, -0.2) is 0 Å². The van der Waals surface area contributed by atoms with E-state index < -0.39 is 5.97 Å². The van der Waals surface area contributed by atoms with Gasteiger partial charge in [-0.2, -0.15) is 0 Å². The largest absolute Gasteiger partial charge is 0.480 e. The maximum Gasteiger partial charge on any atom is 0.323 e. The van der Waals surface area contributed by atoms with E-state index in [0.717, 1.165) is 24.9 Å². The lowest BCUT2D eigenvalue weighted by molar-refractivity contribution is -0.135. The molecule has 0 spiro atoms. The standard InChI is InChI=1S/C16H24ClNO2/c1-4-12(3)10-14(5-2)18(11-16(19)20)15-8-6-13(17)7-9-15/h6-9,12,14H,4-5,10-11H2,1-3H3,(H,19,20). The predicted octanol–water partition coefficient (Wildman–Crippen LogP) is 4.45. The smallest absolute Gasteiger partial charge is 0.323 e. The number of nitrogens with zero attached hydrogens (tertiary/aromatic N) is 1. The molecule has 0 heterocycles. The van der Waals surface area contributed by atoms with Crippen molar-refractivity contribution in [1.82, 2.24) is 0 Å². The Hall–Kier alpha value is -1.22. The predicted molar refractivity (Wildman–Crippen MR) is 84.6 cm³/mol. The second-order valence-electron chi connectivity index (χ2n) is 5.31. The molecule has 20 heavy (non-hydrogen) atoms. The Morgan fingerprint density at radius 3 is 2.30 bits per heavy atom. The lowest BCUT2D eigenvalue weighted by Crippen LogP contribution is -2.40. The van der Waals surface area contributed by atoms with E-state index in [2.05, 4.69) is 20.8 Å². The summed E-state index contributed by atoms with van der Waals surface area (Å²) in [6.07, 6.45) is 3.04. The highest BCUT2D eigenvalue weighted by Crippen LogP contribution is 2.25. The van der Waals surface area contributed by atoms with Crippen LogP contribution in [-0.2, 0) is 4.79 Å². The van der Waals surface area contributed by atoms with Crippen molar-refractivity contribution in [2.45, 2.75) is 46.1 Å². The molecule has 0 aromatic heterocycles. The third-order valence-corrected chi connectivity index (χ3v) is 4.00. The van der Waals surface area contributed by atoms with Crippen molar-refractivity contribution >= 4 is 23.3 Å².